The van der Waals surface area contributed by atoms with E-state index in [0.717, 1.165) is 44.9 Å². The van der Waals surface area contributed by atoms with Crippen LogP contribution in [0.15, 0.2) is 23.8 Å². The van der Waals surface area contributed by atoms with Crippen molar-refractivity contribution in [1.82, 2.24) is 0 Å². The van der Waals surface area contributed by atoms with Gasteiger partial charge in [0, 0.05) is 6.92 Å². The maximum Gasteiger partial charge on any atom is 0.309 e. The second kappa shape index (κ2) is 7.98. The topological polar surface area (TPSA) is 63.6 Å². The molecule has 4 atom stereocenters. The minimum absolute atomic E-state index is 0.0108. The van der Waals surface area contributed by atoms with Gasteiger partial charge in [0.25, 0.3) is 0 Å². The van der Waals surface area contributed by atoms with Crippen LogP contribution in [-0.2, 0) is 14.3 Å². The molecule has 146 valence electrons. The highest BCUT2D eigenvalue weighted by Gasteiger charge is 2.57. The highest BCUT2D eigenvalue weighted by Crippen LogP contribution is 2.62. The summed E-state index contributed by atoms with van der Waals surface area (Å²) in [6, 6.07) is 0. The molecule has 2 aliphatic rings. The average Bonchev–Trinajstić information content (AvgIpc) is 2.53. The highest BCUT2D eigenvalue weighted by atomic mass is 16.5. The first kappa shape index (κ1) is 20.7. The van der Waals surface area contributed by atoms with E-state index in [4.69, 9.17) is 4.74 Å². The number of carboxylic acid groups (broad SMARTS) is 1. The predicted octanol–water partition coefficient (Wildman–Crippen LogP) is 5.14. The van der Waals surface area contributed by atoms with Gasteiger partial charge < -0.3 is 9.84 Å². The van der Waals surface area contributed by atoms with E-state index >= 15 is 0 Å². The van der Waals surface area contributed by atoms with E-state index in [1.165, 1.54) is 18.1 Å². The molecule has 1 N–H and O–H groups in total. The molecule has 0 amide bonds. The molecule has 0 saturated heterocycles. The first-order chi connectivity index (χ1) is 12.1. The quantitative estimate of drug-likeness (QED) is 0.525. The van der Waals surface area contributed by atoms with Crippen LogP contribution in [0.4, 0.5) is 0 Å². The Bertz CT molecular complexity index is 605. The Morgan fingerprint density at radius 3 is 2.62 bits per heavy atom. The van der Waals surface area contributed by atoms with E-state index in [9.17, 15) is 14.7 Å². The summed E-state index contributed by atoms with van der Waals surface area (Å²) in [5, 5.41) is 9.89. The molecular formula is C22H34O4. The number of carbonyl (C=O) groups is 2. The molecule has 0 heterocycles. The number of allylic oxidation sites excluding steroid dienone is 2. The number of aliphatic carboxylic acids is 1. The number of carbonyl (C=O) groups excluding carboxylic acids is 1. The van der Waals surface area contributed by atoms with Gasteiger partial charge in [0.15, 0.2) is 0 Å². The Labute approximate surface area is 157 Å². The van der Waals surface area contributed by atoms with Crippen molar-refractivity contribution in [1.29, 1.82) is 0 Å². The number of ether oxygens (including phenoxy) is 1. The van der Waals surface area contributed by atoms with Gasteiger partial charge in [-0.3, -0.25) is 9.59 Å². The van der Waals surface area contributed by atoms with Crippen molar-refractivity contribution >= 4 is 11.9 Å². The van der Waals surface area contributed by atoms with Crippen LogP contribution >= 0.6 is 0 Å². The molecule has 0 aromatic heterocycles. The lowest BCUT2D eigenvalue weighted by molar-refractivity contribution is -0.164. The van der Waals surface area contributed by atoms with Gasteiger partial charge >= 0.3 is 11.9 Å². The van der Waals surface area contributed by atoms with E-state index in [2.05, 4.69) is 20.4 Å². The Kier molecular flexibility index (Phi) is 6.36. The summed E-state index contributed by atoms with van der Waals surface area (Å²) in [6.07, 6.45) is 8.60. The Balaban J connectivity index is 2.13. The van der Waals surface area contributed by atoms with Crippen molar-refractivity contribution < 1.29 is 19.4 Å². The molecule has 26 heavy (non-hydrogen) atoms. The van der Waals surface area contributed by atoms with Gasteiger partial charge in [-0.15, -0.1) is 0 Å². The van der Waals surface area contributed by atoms with Gasteiger partial charge in [0.2, 0.25) is 0 Å². The van der Waals surface area contributed by atoms with Crippen molar-refractivity contribution in [3.05, 3.63) is 23.8 Å². The van der Waals surface area contributed by atoms with Crippen molar-refractivity contribution in [3.8, 4) is 0 Å². The monoisotopic (exact) mass is 362 g/mol. The number of rotatable bonds is 6. The molecule has 0 bridgehead atoms. The van der Waals surface area contributed by atoms with Gasteiger partial charge in [-0.25, -0.2) is 0 Å². The number of hydrogen-bond donors (Lipinski definition) is 1. The van der Waals surface area contributed by atoms with Gasteiger partial charge in [-0.05, 0) is 75.7 Å². The molecule has 0 spiro atoms. The highest BCUT2D eigenvalue weighted by molar-refractivity contribution is 5.75. The SMILES string of the molecule is C=C1CC[C@@H]2[C@](C)(CCC[C@@]2(C)C(=O)O)[C@H]1CCC(C)=CCOC(C)=O. The molecule has 4 heteroatoms. The summed E-state index contributed by atoms with van der Waals surface area (Å²) in [7, 11) is 0. The van der Waals surface area contributed by atoms with E-state index in [1.54, 1.807) is 0 Å². The van der Waals surface area contributed by atoms with Crippen LogP contribution in [0.5, 0.6) is 0 Å². The molecule has 2 rings (SSSR count). The summed E-state index contributed by atoms with van der Waals surface area (Å²) < 4.78 is 4.99. The normalized spacial score (nSPS) is 34.9. The maximum absolute atomic E-state index is 12.0. The third kappa shape index (κ3) is 4.05. The van der Waals surface area contributed by atoms with Crippen LogP contribution < -0.4 is 0 Å². The lowest BCUT2D eigenvalue weighted by Crippen LogP contribution is -2.53. The second-order valence-electron chi connectivity index (χ2n) is 8.78. The Morgan fingerprint density at radius 2 is 2.00 bits per heavy atom. The second-order valence-corrected chi connectivity index (χ2v) is 8.78. The van der Waals surface area contributed by atoms with Crippen LogP contribution in [0.2, 0.25) is 0 Å². The number of hydrogen-bond acceptors (Lipinski definition) is 3. The number of esters is 1. The molecule has 0 aromatic rings. The van der Waals surface area contributed by atoms with Crippen molar-refractivity contribution in [2.24, 2.45) is 22.7 Å². The largest absolute Gasteiger partial charge is 0.481 e. The summed E-state index contributed by atoms with van der Waals surface area (Å²) in [5.74, 6) is -0.336. The Morgan fingerprint density at radius 1 is 1.31 bits per heavy atom. The molecule has 4 nitrogen and oxygen atoms in total. The average molecular weight is 363 g/mol. The van der Waals surface area contributed by atoms with Crippen LogP contribution in [0.1, 0.15) is 72.6 Å². The smallest absolute Gasteiger partial charge is 0.309 e. The van der Waals surface area contributed by atoms with E-state index in [-0.39, 0.29) is 17.3 Å². The predicted molar refractivity (Wildman–Crippen MR) is 103 cm³/mol. The standard InChI is InChI=1S/C22H34O4/c1-15(11-14-26-17(3)23)7-9-18-16(2)8-10-19-21(18,4)12-6-13-22(19,5)20(24)25/h11,18-19H,2,6-10,12-14H2,1,3-5H3,(H,24,25)/t18-,19+,21+,22+/m0/s1. The zero-order chi connectivity index (χ0) is 19.5. The third-order valence-corrected chi connectivity index (χ3v) is 7.05. The summed E-state index contributed by atoms with van der Waals surface area (Å²) in [5.41, 5.74) is 1.89. The molecule has 0 unspecified atom stereocenters. The first-order valence-corrected chi connectivity index (χ1v) is 9.81. The minimum Gasteiger partial charge on any atom is -0.481 e. The molecule has 0 radical (unpaired) electrons. The lowest BCUT2D eigenvalue weighted by Gasteiger charge is -2.57. The number of carboxylic acids is 1. The van der Waals surface area contributed by atoms with E-state index in [0.29, 0.717) is 12.5 Å². The lowest BCUT2D eigenvalue weighted by atomic mass is 9.46. The zero-order valence-electron chi connectivity index (χ0n) is 16.8. The third-order valence-electron chi connectivity index (χ3n) is 7.05. The molecule has 2 aliphatic carbocycles. The van der Waals surface area contributed by atoms with Gasteiger partial charge in [0.05, 0.1) is 5.41 Å². The van der Waals surface area contributed by atoms with Gasteiger partial charge in [-0.2, -0.15) is 0 Å². The molecule has 2 saturated carbocycles. The fraction of sp³-hybridized carbons (Fsp3) is 0.727. The maximum atomic E-state index is 12.0. The van der Waals surface area contributed by atoms with E-state index < -0.39 is 11.4 Å². The number of fused-ring (bicyclic) bond motifs is 1. The van der Waals surface area contributed by atoms with Crippen LogP contribution in [0.3, 0.4) is 0 Å². The fourth-order valence-corrected chi connectivity index (χ4v) is 5.51. The fourth-order valence-electron chi connectivity index (χ4n) is 5.51. The minimum atomic E-state index is -0.642. The summed E-state index contributed by atoms with van der Waals surface area (Å²) >= 11 is 0. The summed E-state index contributed by atoms with van der Waals surface area (Å²) in [6.45, 7) is 12.4. The molecule has 0 aliphatic heterocycles. The van der Waals surface area contributed by atoms with Crippen LogP contribution in [-0.4, -0.2) is 23.7 Å². The van der Waals surface area contributed by atoms with E-state index in [1.807, 2.05) is 13.0 Å². The first-order valence-electron chi connectivity index (χ1n) is 9.81. The summed E-state index contributed by atoms with van der Waals surface area (Å²) in [4.78, 5) is 22.9. The molecule has 2 fully saturated rings. The van der Waals surface area contributed by atoms with Crippen LogP contribution in [0.25, 0.3) is 0 Å². The van der Waals surface area contributed by atoms with Crippen molar-refractivity contribution in [2.75, 3.05) is 6.61 Å². The van der Waals surface area contributed by atoms with Crippen molar-refractivity contribution in [3.63, 3.8) is 0 Å². The van der Waals surface area contributed by atoms with Gasteiger partial charge in [-0.1, -0.05) is 31.1 Å². The van der Waals surface area contributed by atoms with Crippen molar-refractivity contribution in [2.45, 2.75) is 72.6 Å². The zero-order valence-corrected chi connectivity index (χ0v) is 16.8. The van der Waals surface area contributed by atoms with Crippen LogP contribution in [0, 0.1) is 22.7 Å². The molecular weight excluding hydrogens is 328 g/mol. The van der Waals surface area contributed by atoms with Gasteiger partial charge in [0.1, 0.15) is 6.61 Å². The molecule has 0 aromatic carbocycles. The Hall–Kier alpha value is -1.58.